The molecule has 2 bridgehead atoms. The van der Waals surface area contributed by atoms with Gasteiger partial charge in [0.2, 0.25) is 11.8 Å². The standard InChI is InChI=1S/C20H19Cl3N2O6/c1-30-12-3-2-8(21)4-11(12)24-13(26)7-31-14(27)6-25-19(28)15-9-5-10(16(15)20(25)29)18(23)17(9)22/h2-4,9-10,15-18H,5-7H2,1H3,(H,24,26)/t9-,10-,15-,16-,17-,18+/m1/s1. The lowest BCUT2D eigenvalue weighted by Crippen LogP contribution is -2.38. The molecule has 166 valence electrons. The Labute approximate surface area is 193 Å². The number of anilines is 1. The maximum absolute atomic E-state index is 12.7. The largest absolute Gasteiger partial charge is 0.495 e. The first-order valence-corrected chi connectivity index (χ1v) is 10.9. The summed E-state index contributed by atoms with van der Waals surface area (Å²) >= 11 is 18.5. The SMILES string of the molecule is COc1ccc(Cl)cc1NC(=O)COC(=O)CN1C(=O)[C@@H]2[C@H]3C[C@@H]([C@@H](Cl)[C@H]3Cl)[C@H]2C1=O. The number of nitrogens with zero attached hydrogens (tertiary/aromatic N) is 1. The molecule has 2 saturated carbocycles. The van der Waals surface area contributed by atoms with Crippen LogP contribution in [-0.2, 0) is 23.9 Å². The molecule has 0 spiro atoms. The zero-order chi connectivity index (χ0) is 22.4. The van der Waals surface area contributed by atoms with Gasteiger partial charge in [-0.3, -0.25) is 24.1 Å². The van der Waals surface area contributed by atoms with Gasteiger partial charge in [-0.1, -0.05) is 11.6 Å². The van der Waals surface area contributed by atoms with Gasteiger partial charge in [-0.2, -0.15) is 0 Å². The van der Waals surface area contributed by atoms with Crippen LogP contribution in [0, 0.1) is 23.7 Å². The monoisotopic (exact) mass is 488 g/mol. The maximum atomic E-state index is 12.7. The number of nitrogens with one attached hydrogen (secondary N) is 1. The Morgan fingerprint density at radius 1 is 1.13 bits per heavy atom. The van der Waals surface area contributed by atoms with Crippen LogP contribution in [0.1, 0.15) is 6.42 Å². The predicted molar refractivity (Wildman–Crippen MR) is 112 cm³/mol. The minimum absolute atomic E-state index is 0.171. The first kappa shape index (κ1) is 22.2. The molecule has 8 nitrogen and oxygen atoms in total. The fourth-order valence-corrected chi connectivity index (χ4v) is 5.92. The molecule has 1 N–H and O–H groups in total. The summed E-state index contributed by atoms with van der Waals surface area (Å²) in [4.78, 5) is 50.7. The highest BCUT2D eigenvalue weighted by Crippen LogP contribution is 2.59. The second kappa shape index (κ2) is 8.48. The summed E-state index contributed by atoms with van der Waals surface area (Å²) in [5, 5.41) is 2.17. The molecule has 1 heterocycles. The van der Waals surface area contributed by atoms with Crippen molar-refractivity contribution in [1.82, 2.24) is 4.90 Å². The molecule has 11 heteroatoms. The first-order valence-electron chi connectivity index (χ1n) is 9.65. The summed E-state index contributed by atoms with van der Waals surface area (Å²) in [5.74, 6) is -3.39. The minimum Gasteiger partial charge on any atom is -0.495 e. The third kappa shape index (κ3) is 3.85. The van der Waals surface area contributed by atoms with E-state index in [1.807, 2.05) is 0 Å². The number of esters is 1. The molecule has 3 aliphatic rings. The number of halogens is 3. The number of hydrogen-bond donors (Lipinski definition) is 1. The van der Waals surface area contributed by atoms with Crippen LogP contribution in [0.25, 0.3) is 0 Å². The average Bonchev–Trinajstić information content (AvgIpc) is 3.33. The van der Waals surface area contributed by atoms with Gasteiger partial charge in [0.05, 0.1) is 35.4 Å². The van der Waals surface area contributed by atoms with Gasteiger partial charge in [-0.25, -0.2) is 0 Å². The third-order valence-electron chi connectivity index (χ3n) is 6.17. The summed E-state index contributed by atoms with van der Waals surface area (Å²) in [7, 11) is 1.43. The average molecular weight is 490 g/mol. The number of hydrogen-bond acceptors (Lipinski definition) is 6. The van der Waals surface area contributed by atoms with Crippen molar-refractivity contribution in [1.29, 1.82) is 0 Å². The van der Waals surface area contributed by atoms with Crippen LogP contribution in [0.5, 0.6) is 5.75 Å². The zero-order valence-corrected chi connectivity index (χ0v) is 18.6. The van der Waals surface area contributed by atoms with E-state index in [-0.39, 0.29) is 22.6 Å². The zero-order valence-electron chi connectivity index (χ0n) is 16.3. The van der Waals surface area contributed by atoms with E-state index in [0.717, 1.165) is 4.90 Å². The van der Waals surface area contributed by atoms with E-state index in [2.05, 4.69) is 5.32 Å². The first-order chi connectivity index (χ1) is 14.7. The molecule has 0 aromatic heterocycles. The van der Waals surface area contributed by atoms with Gasteiger partial charge in [-0.05, 0) is 36.5 Å². The van der Waals surface area contributed by atoms with Crippen molar-refractivity contribution in [2.45, 2.75) is 17.2 Å². The van der Waals surface area contributed by atoms with Crippen LogP contribution in [0.3, 0.4) is 0 Å². The van der Waals surface area contributed by atoms with Crippen molar-refractivity contribution in [3.8, 4) is 5.75 Å². The van der Waals surface area contributed by atoms with Gasteiger partial charge in [0.15, 0.2) is 6.61 Å². The predicted octanol–water partition coefficient (Wildman–Crippen LogP) is 2.30. The number of methoxy groups -OCH3 is 1. The highest BCUT2D eigenvalue weighted by molar-refractivity contribution is 6.31. The molecule has 1 saturated heterocycles. The van der Waals surface area contributed by atoms with Crippen molar-refractivity contribution < 1.29 is 28.7 Å². The highest BCUT2D eigenvalue weighted by Gasteiger charge is 2.66. The van der Waals surface area contributed by atoms with Crippen molar-refractivity contribution in [2.75, 3.05) is 25.6 Å². The van der Waals surface area contributed by atoms with E-state index in [1.165, 1.54) is 13.2 Å². The molecule has 4 rings (SSSR count). The topological polar surface area (TPSA) is 102 Å². The van der Waals surface area contributed by atoms with Gasteiger partial charge in [-0.15, -0.1) is 23.2 Å². The Morgan fingerprint density at radius 3 is 2.32 bits per heavy atom. The number of imide groups is 1. The highest BCUT2D eigenvalue weighted by atomic mass is 35.5. The van der Waals surface area contributed by atoms with Crippen molar-refractivity contribution >= 4 is 64.2 Å². The molecule has 1 aromatic rings. The van der Waals surface area contributed by atoms with E-state index in [0.29, 0.717) is 22.9 Å². The van der Waals surface area contributed by atoms with Crippen LogP contribution in [0.2, 0.25) is 5.02 Å². The summed E-state index contributed by atoms with van der Waals surface area (Å²) in [6.45, 7) is -1.16. The number of rotatable bonds is 6. The van der Waals surface area contributed by atoms with Crippen molar-refractivity contribution in [3.05, 3.63) is 23.2 Å². The number of ether oxygens (including phenoxy) is 2. The molecular weight excluding hydrogens is 471 g/mol. The van der Waals surface area contributed by atoms with Crippen LogP contribution in [0.4, 0.5) is 5.69 Å². The summed E-state index contributed by atoms with van der Waals surface area (Å²) in [6.07, 6.45) is 0.639. The summed E-state index contributed by atoms with van der Waals surface area (Å²) in [5.41, 5.74) is 0.315. The van der Waals surface area contributed by atoms with E-state index < -0.39 is 48.7 Å². The van der Waals surface area contributed by atoms with E-state index >= 15 is 0 Å². The normalized spacial score (nSPS) is 31.0. The molecule has 0 radical (unpaired) electrons. The fraction of sp³-hybridized carbons (Fsp3) is 0.500. The van der Waals surface area contributed by atoms with Gasteiger partial charge in [0, 0.05) is 5.02 Å². The van der Waals surface area contributed by atoms with E-state index in [1.54, 1.807) is 12.1 Å². The number of fused-ring (bicyclic) bond motifs is 5. The lowest BCUT2D eigenvalue weighted by atomic mass is 9.80. The molecule has 1 aliphatic heterocycles. The lowest BCUT2D eigenvalue weighted by Gasteiger charge is -2.28. The van der Waals surface area contributed by atoms with E-state index in [9.17, 15) is 19.2 Å². The number of carbonyl (C=O) groups is 4. The maximum Gasteiger partial charge on any atom is 0.326 e. The molecule has 2 aliphatic carbocycles. The van der Waals surface area contributed by atoms with Crippen molar-refractivity contribution in [2.24, 2.45) is 23.7 Å². The summed E-state index contributed by atoms with van der Waals surface area (Å²) in [6, 6.07) is 4.67. The van der Waals surface area contributed by atoms with Crippen LogP contribution < -0.4 is 10.1 Å². The number of alkyl halides is 2. The van der Waals surface area contributed by atoms with E-state index in [4.69, 9.17) is 44.3 Å². The molecule has 0 unspecified atom stereocenters. The molecule has 3 fully saturated rings. The van der Waals surface area contributed by atoms with Crippen LogP contribution in [0.15, 0.2) is 18.2 Å². The Morgan fingerprint density at radius 2 is 1.74 bits per heavy atom. The Kier molecular flexibility index (Phi) is 6.07. The Balaban J connectivity index is 1.33. The molecule has 3 amide bonds. The second-order valence-corrected chi connectivity index (χ2v) is 9.26. The van der Waals surface area contributed by atoms with Gasteiger partial charge < -0.3 is 14.8 Å². The minimum atomic E-state index is -0.868. The van der Waals surface area contributed by atoms with Gasteiger partial charge in [0.1, 0.15) is 12.3 Å². The molecular formula is C20H19Cl3N2O6. The number of amides is 3. The van der Waals surface area contributed by atoms with Crippen molar-refractivity contribution in [3.63, 3.8) is 0 Å². The van der Waals surface area contributed by atoms with Gasteiger partial charge >= 0.3 is 5.97 Å². The second-order valence-electron chi connectivity index (χ2n) is 7.82. The van der Waals surface area contributed by atoms with Crippen LogP contribution in [-0.4, -0.2) is 59.6 Å². The summed E-state index contributed by atoms with van der Waals surface area (Å²) < 4.78 is 10.1. The quantitative estimate of drug-likeness (QED) is 0.374. The molecule has 31 heavy (non-hydrogen) atoms. The lowest BCUT2D eigenvalue weighted by molar-refractivity contribution is -0.154. The fourth-order valence-electron chi connectivity index (χ4n) is 4.85. The third-order valence-corrected chi connectivity index (χ3v) is 7.72. The molecule has 6 atom stereocenters. The van der Waals surface area contributed by atoms with Crippen LogP contribution >= 0.6 is 34.8 Å². The van der Waals surface area contributed by atoms with Gasteiger partial charge in [0.25, 0.3) is 5.91 Å². The smallest absolute Gasteiger partial charge is 0.326 e. The number of carbonyl (C=O) groups excluding carboxylic acids is 4. The number of likely N-dealkylation sites (tertiary alicyclic amines) is 1. The Bertz CT molecular complexity index is 925. The Hall–Kier alpha value is -2.03. The number of benzene rings is 1. The molecule has 1 aromatic carbocycles.